The minimum atomic E-state index is -1.07. The van der Waals surface area contributed by atoms with Crippen molar-refractivity contribution in [3.8, 4) is 0 Å². The molecule has 25 heavy (non-hydrogen) atoms. The molecule has 0 unspecified atom stereocenters. The molecular weight excluding hydrogens is 322 g/mol. The molecule has 1 aromatic carbocycles. The number of benzene rings is 1. The summed E-state index contributed by atoms with van der Waals surface area (Å²) in [7, 11) is 0. The van der Waals surface area contributed by atoms with Crippen LogP contribution in [0.1, 0.15) is 57.0 Å². The van der Waals surface area contributed by atoms with E-state index in [0.29, 0.717) is 18.4 Å². The standard InChI is InChI=1S/C19H25NO5/c1-18(2,3)25-17(23)20-9-7-14-12(6-8-19(4,5)24)10-13(16(21)22)11-15(14)20/h7,9-11,24H,6,8H2,1-5H3,(H,21,22). The Kier molecular flexibility index (Phi) is 4.95. The lowest BCUT2D eigenvalue weighted by molar-refractivity contribution is 0.0542. The maximum atomic E-state index is 12.4. The number of aromatic nitrogens is 1. The van der Waals surface area contributed by atoms with Gasteiger partial charge >= 0.3 is 12.1 Å². The number of fused-ring (bicyclic) bond motifs is 1. The second kappa shape index (κ2) is 6.52. The number of carboxylic acids is 1. The summed E-state index contributed by atoms with van der Waals surface area (Å²) in [5.41, 5.74) is -0.151. The molecule has 0 amide bonds. The molecule has 6 heteroatoms. The lowest BCUT2D eigenvalue weighted by Crippen LogP contribution is -2.26. The summed E-state index contributed by atoms with van der Waals surface area (Å²) >= 11 is 0. The average Bonchev–Trinajstić information content (AvgIpc) is 2.85. The van der Waals surface area contributed by atoms with Crippen molar-refractivity contribution in [1.82, 2.24) is 4.57 Å². The number of hydrogen-bond donors (Lipinski definition) is 2. The number of aliphatic hydroxyl groups is 1. The lowest BCUT2D eigenvalue weighted by Gasteiger charge is -2.20. The van der Waals surface area contributed by atoms with Gasteiger partial charge in [-0.2, -0.15) is 0 Å². The Labute approximate surface area is 147 Å². The molecule has 0 saturated carbocycles. The summed E-state index contributed by atoms with van der Waals surface area (Å²) in [5.74, 6) is -1.07. The number of carbonyl (C=O) groups is 2. The number of aryl methyl sites for hydroxylation is 1. The lowest BCUT2D eigenvalue weighted by atomic mass is 9.95. The van der Waals surface area contributed by atoms with E-state index < -0.39 is 23.3 Å². The number of carbonyl (C=O) groups excluding carboxylic acids is 1. The van der Waals surface area contributed by atoms with Crippen molar-refractivity contribution in [3.63, 3.8) is 0 Å². The molecule has 0 bridgehead atoms. The highest BCUT2D eigenvalue weighted by Crippen LogP contribution is 2.26. The molecule has 2 N–H and O–H groups in total. The summed E-state index contributed by atoms with van der Waals surface area (Å²) in [6, 6.07) is 4.83. The van der Waals surface area contributed by atoms with Gasteiger partial charge in [0.25, 0.3) is 0 Å². The quantitative estimate of drug-likeness (QED) is 0.877. The molecule has 0 spiro atoms. The van der Waals surface area contributed by atoms with Gasteiger partial charge in [-0.3, -0.25) is 4.57 Å². The first-order valence-electron chi connectivity index (χ1n) is 8.20. The summed E-state index contributed by atoms with van der Waals surface area (Å²) in [6.45, 7) is 8.73. The van der Waals surface area contributed by atoms with Crippen LogP contribution in [0.15, 0.2) is 24.4 Å². The zero-order valence-corrected chi connectivity index (χ0v) is 15.3. The molecule has 6 nitrogen and oxygen atoms in total. The van der Waals surface area contributed by atoms with Crippen LogP contribution in [0, 0.1) is 0 Å². The molecule has 1 heterocycles. The van der Waals surface area contributed by atoms with E-state index in [2.05, 4.69) is 0 Å². The highest BCUT2D eigenvalue weighted by Gasteiger charge is 2.21. The van der Waals surface area contributed by atoms with Crippen LogP contribution in [0.3, 0.4) is 0 Å². The first-order chi connectivity index (χ1) is 11.4. The Morgan fingerprint density at radius 1 is 1.16 bits per heavy atom. The maximum Gasteiger partial charge on any atom is 0.418 e. The average molecular weight is 347 g/mol. The summed E-state index contributed by atoms with van der Waals surface area (Å²) in [6.07, 6.45) is 2.00. The number of carboxylic acid groups (broad SMARTS) is 1. The van der Waals surface area contributed by atoms with Gasteiger partial charge in [0.1, 0.15) is 5.60 Å². The SMILES string of the molecule is CC(C)(O)CCc1cc(C(=O)O)cc2c1ccn2C(=O)OC(C)(C)C. The number of hydrogen-bond acceptors (Lipinski definition) is 4. The van der Waals surface area contributed by atoms with Gasteiger partial charge < -0.3 is 14.9 Å². The molecule has 0 atom stereocenters. The van der Waals surface area contributed by atoms with Gasteiger partial charge in [0.2, 0.25) is 0 Å². The molecule has 0 saturated heterocycles. The summed E-state index contributed by atoms with van der Waals surface area (Å²) in [5, 5.41) is 20.1. The van der Waals surface area contributed by atoms with Crippen molar-refractivity contribution in [2.75, 3.05) is 0 Å². The van der Waals surface area contributed by atoms with Crippen molar-refractivity contribution < 1.29 is 24.5 Å². The zero-order chi connectivity index (χ0) is 19.0. The molecule has 2 rings (SSSR count). The third-order valence-electron chi connectivity index (χ3n) is 3.74. The zero-order valence-electron chi connectivity index (χ0n) is 15.3. The predicted octanol–water partition coefficient (Wildman–Crippen LogP) is 3.83. The minimum Gasteiger partial charge on any atom is -0.478 e. The smallest absolute Gasteiger partial charge is 0.418 e. The summed E-state index contributed by atoms with van der Waals surface area (Å²) < 4.78 is 6.70. The fraction of sp³-hybridized carbons (Fsp3) is 0.474. The molecule has 0 aliphatic rings. The van der Waals surface area contributed by atoms with Crippen LogP contribution in [0.2, 0.25) is 0 Å². The van der Waals surface area contributed by atoms with Gasteiger partial charge in [-0.15, -0.1) is 0 Å². The van der Waals surface area contributed by atoms with Crippen LogP contribution in [-0.4, -0.2) is 38.0 Å². The number of aromatic carboxylic acids is 1. The van der Waals surface area contributed by atoms with Crippen LogP contribution in [0.4, 0.5) is 4.79 Å². The molecule has 0 fully saturated rings. The number of rotatable bonds is 4. The Hall–Kier alpha value is -2.34. The predicted molar refractivity (Wildman–Crippen MR) is 95.1 cm³/mol. The van der Waals surface area contributed by atoms with Crippen molar-refractivity contribution in [3.05, 3.63) is 35.5 Å². The second-order valence-electron chi connectivity index (χ2n) is 7.85. The van der Waals surface area contributed by atoms with E-state index in [1.54, 1.807) is 52.9 Å². The monoisotopic (exact) mass is 347 g/mol. The van der Waals surface area contributed by atoms with Gasteiger partial charge in [-0.05, 0) is 71.2 Å². The third kappa shape index (κ3) is 4.82. The van der Waals surface area contributed by atoms with Crippen LogP contribution in [-0.2, 0) is 11.2 Å². The van der Waals surface area contributed by atoms with E-state index in [-0.39, 0.29) is 5.56 Å². The van der Waals surface area contributed by atoms with Gasteiger partial charge in [0, 0.05) is 11.6 Å². The second-order valence-corrected chi connectivity index (χ2v) is 7.85. The molecular formula is C19H25NO5. The summed E-state index contributed by atoms with van der Waals surface area (Å²) in [4.78, 5) is 23.9. The van der Waals surface area contributed by atoms with Crippen molar-refractivity contribution in [1.29, 1.82) is 0 Å². The fourth-order valence-electron chi connectivity index (χ4n) is 2.56. The Morgan fingerprint density at radius 3 is 2.32 bits per heavy atom. The Morgan fingerprint density at radius 2 is 1.80 bits per heavy atom. The van der Waals surface area contributed by atoms with Crippen LogP contribution >= 0.6 is 0 Å². The van der Waals surface area contributed by atoms with Crippen molar-refractivity contribution >= 4 is 23.0 Å². The van der Waals surface area contributed by atoms with Gasteiger partial charge in [0.15, 0.2) is 0 Å². The van der Waals surface area contributed by atoms with Crippen molar-refractivity contribution in [2.45, 2.75) is 58.7 Å². The topological polar surface area (TPSA) is 88.8 Å². The van der Waals surface area contributed by atoms with Gasteiger partial charge in [-0.1, -0.05) is 0 Å². The first kappa shape index (κ1) is 19.0. The number of nitrogens with zero attached hydrogens (tertiary/aromatic N) is 1. The third-order valence-corrected chi connectivity index (χ3v) is 3.74. The first-order valence-corrected chi connectivity index (χ1v) is 8.20. The van der Waals surface area contributed by atoms with E-state index >= 15 is 0 Å². The fourth-order valence-corrected chi connectivity index (χ4v) is 2.56. The molecule has 136 valence electrons. The van der Waals surface area contributed by atoms with Crippen LogP contribution in [0.25, 0.3) is 10.9 Å². The molecule has 0 aliphatic carbocycles. The van der Waals surface area contributed by atoms with Crippen LogP contribution in [0.5, 0.6) is 0 Å². The van der Waals surface area contributed by atoms with E-state index in [1.165, 1.54) is 10.6 Å². The highest BCUT2D eigenvalue weighted by molar-refractivity contribution is 5.98. The Bertz CT molecular complexity index is 806. The van der Waals surface area contributed by atoms with Crippen LogP contribution < -0.4 is 0 Å². The van der Waals surface area contributed by atoms with E-state index in [9.17, 15) is 19.8 Å². The van der Waals surface area contributed by atoms with Gasteiger partial charge in [0.05, 0.1) is 16.7 Å². The molecule has 1 aromatic heterocycles. The number of ether oxygens (including phenoxy) is 1. The van der Waals surface area contributed by atoms with E-state index in [4.69, 9.17) is 4.74 Å². The molecule has 0 radical (unpaired) electrons. The van der Waals surface area contributed by atoms with Crippen molar-refractivity contribution in [2.24, 2.45) is 0 Å². The maximum absolute atomic E-state index is 12.4. The largest absolute Gasteiger partial charge is 0.478 e. The normalized spacial score (nSPS) is 12.4. The highest BCUT2D eigenvalue weighted by atomic mass is 16.6. The van der Waals surface area contributed by atoms with E-state index in [1.807, 2.05) is 0 Å². The molecule has 2 aromatic rings. The minimum absolute atomic E-state index is 0.0988. The van der Waals surface area contributed by atoms with E-state index in [0.717, 1.165) is 10.9 Å². The van der Waals surface area contributed by atoms with Gasteiger partial charge in [-0.25, -0.2) is 9.59 Å². The molecule has 0 aliphatic heterocycles. The Balaban J connectivity index is 2.52.